The van der Waals surface area contributed by atoms with E-state index in [2.05, 4.69) is 63.2 Å². The SMILES string of the molecule is [CH2]CC(N(CC)CC)(N(CC)CC)N(CC)CC. The standard InChI is InChI=1S/C15H34N3/c1-8-15(16(9-2)10-3,17(11-4)12-5)18(13-6)14-7/h1,8-14H2,2-7H3. The fourth-order valence-corrected chi connectivity index (χ4v) is 3.26. The molecule has 0 aromatic heterocycles. The summed E-state index contributed by atoms with van der Waals surface area (Å²) in [6, 6.07) is 0. The summed E-state index contributed by atoms with van der Waals surface area (Å²) < 4.78 is 0. The third-order valence-corrected chi connectivity index (χ3v) is 4.15. The van der Waals surface area contributed by atoms with Gasteiger partial charge in [-0.05, 0) is 52.6 Å². The maximum Gasteiger partial charge on any atom is 0.131 e. The second kappa shape index (κ2) is 8.89. The summed E-state index contributed by atoms with van der Waals surface area (Å²) in [6.07, 6.45) is 0.901. The highest BCUT2D eigenvalue weighted by Gasteiger charge is 2.42. The topological polar surface area (TPSA) is 9.72 Å². The van der Waals surface area contributed by atoms with Crippen LogP contribution in [-0.2, 0) is 0 Å². The first kappa shape index (κ1) is 17.9. The van der Waals surface area contributed by atoms with Gasteiger partial charge in [0.05, 0.1) is 0 Å². The van der Waals surface area contributed by atoms with Crippen LogP contribution in [0.4, 0.5) is 0 Å². The van der Waals surface area contributed by atoms with E-state index in [9.17, 15) is 0 Å². The van der Waals surface area contributed by atoms with Crippen molar-refractivity contribution in [1.29, 1.82) is 0 Å². The van der Waals surface area contributed by atoms with Crippen LogP contribution in [0, 0.1) is 6.92 Å². The van der Waals surface area contributed by atoms with Crippen molar-refractivity contribution >= 4 is 0 Å². The zero-order valence-electron chi connectivity index (χ0n) is 13.5. The lowest BCUT2D eigenvalue weighted by molar-refractivity contribution is -0.161. The second-order valence-electron chi connectivity index (χ2n) is 4.54. The first-order chi connectivity index (χ1) is 8.62. The smallest absolute Gasteiger partial charge is 0.131 e. The summed E-state index contributed by atoms with van der Waals surface area (Å²) in [7, 11) is 0. The van der Waals surface area contributed by atoms with Crippen molar-refractivity contribution in [2.75, 3.05) is 39.3 Å². The number of rotatable bonds is 10. The van der Waals surface area contributed by atoms with E-state index < -0.39 is 0 Å². The average molecular weight is 256 g/mol. The van der Waals surface area contributed by atoms with Crippen LogP contribution < -0.4 is 0 Å². The molecule has 0 saturated carbocycles. The molecular formula is C15H34N3. The Balaban J connectivity index is 5.55. The summed E-state index contributed by atoms with van der Waals surface area (Å²) >= 11 is 0. The maximum atomic E-state index is 4.28. The molecular weight excluding hydrogens is 222 g/mol. The molecule has 0 aromatic rings. The van der Waals surface area contributed by atoms with Gasteiger partial charge in [-0.2, -0.15) is 0 Å². The molecule has 0 aliphatic heterocycles. The Morgan fingerprint density at radius 1 is 0.611 bits per heavy atom. The van der Waals surface area contributed by atoms with Gasteiger partial charge in [-0.3, -0.25) is 14.7 Å². The minimum Gasteiger partial charge on any atom is -0.273 e. The zero-order valence-corrected chi connectivity index (χ0v) is 13.5. The number of nitrogens with zero attached hydrogens (tertiary/aromatic N) is 3. The van der Waals surface area contributed by atoms with Gasteiger partial charge in [0, 0.05) is 0 Å². The van der Waals surface area contributed by atoms with Crippen molar-refractivity contribution in [1.82, 2.24) is 14.7 Å². The summed E-state index contributed by atoms with van der Waals surface area (Å²) in [6.45, 7) is 24.2. The van der Waals surface area contributed by atoms with E-state index in [0.29, 0.717) is 0 Å². The Bertz CT molecular complexity index is 163. The van der Waals surface area contributed by atoms with Crippen molar-refractivity contribution in [2.24, 2.45) is 0 Å². The lowest BCUT2D eigenvalue weighted by Crippen LogP contribution is -2.69. The molecule has 0 rings (SSSR count). The van der Waals surface area contributed by atoms with E-state index in [4.69, 9.17) is 0 Å². The van der Waals surface area contributed by atoms with Crippen LogP contribution in [0.5, 0.6) is 0 Å². The maximum absolute atomic E-state index is 4.28. The molecule has 18 heavy (non-hydrogen) atoms. The van der Waals surface area contributed by atoms with Gasteiger partial charge in [0.15, 0.2) is 0 Å². The van der Waals surface area contributed by atoms with Crippen LogP contribution in [0.15, 0.2) is 0 Å². The third kappa shape index (κ3) is 3.25. The molecule has 0 heterocycles. The van der Waals surface area contributed by atoms with Crippen LogP contribution in [0.2, 0.25) is 0 Å². The van der Waals surface area contributed by atoms with Gasteiger partial charge < -0.3 is 0 Å². The van der Waals surface area contributed by atoms with E-state index in [-0.39, 0.29) is 5.79 Å². The van der Waals surface area contributed by atoms with Crippen molar-refractivity contribution in [3.05, 3.63) is 6.92 Å². The lowest BCUT2D eigenvalue weighted by Gasteiger charge is -2.55. The van der Waals surface area contributed by atoms with Crippen LogP contribution in [-0.4, -0.2) is 59.8 Å². The Morgan fingerprint density at radius 2 is 0.833 bits per heavy atom. The average Bonchev–Trinajstić information content (AvgIpc) is 2.41. The highest BCUT2D eigenvalue weighted by molar-refractivity contribution is 4.90. The van der Waals surface area contributed by atoms with E-state index in [1.165, 1.54) is 0 Å². The molecule has 0 fully saturated rings. The predicted molar refractivity (Wildman–Crippen MR) is 81.5 cm³/mol. The van der Waals surface area contributed by atoms with Crippen LogP contribution >= 0.6 is 0 Å². The molecule has 0 unspecified atom stereocenters. The Morgan fingerprint density at radius 3 is 0.944 bits per heavy atom. The fourth-order valence-electron chi connectivity index (χ4n) is 3.26. The van der Waals surface area contributed by atoms with Gasteiger partial charge in [0.2, 0.25) is 0 Å². The van der Waals surface area contributed by atoms with Crippen molar-refractivity contribution in [2.45, 2.75) is 53.8 Å². The fraction of sp³-hybridized carbons (Fsp3) is 0.933. The first-order valence-corrected chi connectivity index (χ1v) is 7.66. The number of hydrogen-bond donors (Lipinski definition) is 0. The highest BCUT2D eigenvalue weighted by atomic mass is 15.6. The predicted octanol–water partition coefficient (Wildman–Crippen LogP) is 2.89. The van der Waals surface area contributed by atoms with Gasteiger partial charge in [0.1, 0.15) is 5.79 Å². The minimum atomic E-state index is -0.0174. The quantitative estimate of drug-likeness (QED) is 0.557. The Kier molecular flexibility index (Phi) is 8.83. The molecule has 0 bridgehead atoms. The van der Waals surface area contributed by atoms with Crippen LogP contribution in [0.3, 0.4) is 0 Å². The van der Waals surface area contributed by atoms with Gasteiger partial charge in [-0.25, -0.2) is 0 Å². The molecule has 0 spiro atoms. The molecule has 3 heteroatoms. The van der Waals surface area contributed by atoms with E-state index in [1.54, 1.807) is 0 Å². The molecule has 1 radical (unpaired) electrons. The molecule has 0 aromatic carbocycles. The molecule has 0 aliphatic carbocycles. The molecule has 0 saturated heterocycles. The summed E-state index contributed by atoms with van der Waals surface area (Å²) in [4.78, 5) is 7.67. The van der Waals surface area contributed by atoms with E-state index >= 15 is 0 Å². The van der Waals surface area contributed by atoms with E-state index in [0.717, 1.165) is 45.7 Å². The molecule has 0 aliphatic rings. The molecule has 109 valence electrons. The summed E-state index contributed by atoms with van der Waals surface area (Å²) in [5, 5.41) is 0. The second-order valence-corrected chi connectivity index (χ2v) is 4.54. The van der Waals surface area contributed by atoms with Gasteiger partial charge in [-0.1, -0.05) is 41.5 Å². The minimum absolute atomic E-state index is 0.0174. The monoisotopic (exact) mass is 256 g/mol. The Labute approximate surface area is 115 Å². The van der Waals surface area contributed by atoms with Crippen molar-refractivity contribution < 1.29 is 0 Å². The highest BCUT2D eigenvalue weighted by Crippen LogP contribution is 2.28. The molecule has 3 nitrogen and oxygen atoms in total. The zero-order chi connectivity index (χ0) is 14.2. The van der Waals surface area contributed by atoms with Gasteiger partial charge >= 0.3 is 0 Å². The largest absolute Gasteiger partial charge is 0.273 e. The lowest BCUT2D eigenvalue weighted by atomic mass is 10.1. The van der Waals surface area contributed by atoms with Crippen LogP contribution in [0.1, 0.15) is 48.0 Å². The summed E-state index contributed by atoms with van der Waals surface area (Å²) in [5.41, 5.74) is 0. The molecule has 0 amide bonds. The summed E-state index contributed by atoms with van der Waals surface area (Å²) in [5.74, 6) is -0.0174. The van der Waals surface area contributed by atoms with Crippen molar-refractivity contribution in [3.8, 4) is 0 Å². The first-order valence-electron chi connectivity index (χ1n) is 7.66. The van der Waals surface area contributed by atoms with Gasteiger partial charge in [0.25, 0.3) is 0 Å². The molecule has 0 atom stereocenters. The number of hydrogen-bond acceptors (Lipinski definition) is 3. The van der Waals surface area contributed by atoms with Crippen molar-refractivity contribution in [3.63, 3.8) is 0 Å². The normalized spacial score (nSPS) is 13.0. The molecule has 0 N–H and O–H groups in total. The van der Waals surface area contributed by atoms with Crippen LogP contribution in [0.25, 0.3) is 0 Å². The van der Waals surface area contributed by atoms with E-state index in [1.807, 2.05) is 0 Å². The third-order valence-electron chi connectivity index (χ3n) is 4.15. The Hall–Kier alpha value is -0.120. The van der Waals surface area contributed by atoms with Gasteiger partial charge in [-0.15, -0.1) is 0 Å².